The Morgan fingerprint density at radius 1 is 1.35 bits per heavy atom. The molecule has 0 bridgehead atoms. The Hall–Kier alpha value is -1.73. The topological polar surface area (TPSA) is 65.1 Å². The Kier molecular flexibility index (Phi) is 5.31. The smallest absolute Gasteiger partial charge is 0.101 e. The van der Waals surface area contributed by atoms with Crippen LogP contribution in [0.5, 0.6) is 0 Å². The average Bonchev–Trinajstić information content (AvgIpc) is 2.36. The number of benzene rings is 1. The number of anilines is 2. The molecule has 1 rings (SSSR count). The second-order valence-corrected chi connectivity index (χ2v) is 3.87. The summed E-state index contributed by atoms with van der Waals surface area (Å²) in [5.41, 5.74) is 7.66. The van der Waals surface area contributed by atoms with E-state index in [-0.39, 0.29) is 0 Å². The number of nitrogens with one attached hydrogen (secondary N) is 1. The fourth-order valence-electron chi connectivity index (χ4n) is 1.66. The van der Waals surface area contributed by atoms with E-state index in [1.165, 1.54) is 0 Å². The largest absolute Gasteiger partial charge is 0.398 e. The zero-order valence-corrected chi connectivity index (χ0v) is 10.5. The molecule has 1 aromatic carbocycles. The molecule has 4 heteroatoms. The highest BCUT2D eigenvalue weighted by Gasteiger charge is 2.01. The number of nitrogens with zero attached hydrogens (tertiary/aromatic N) is 2. The molecule has 3 N–H and O–H groups in total. The summed E-state index contributed by atoms with van der Waals surface area (Å²) in [6, 6.07) is 7.53. The van der Waals surface area contributed by atoms with Crippen LogP contribution in [-0.4, -0.2) is 31.1 Å². The van der Waals surface area contributed by atoms with E-state index in [9.17, 15) is 0 Å². The third-order valence-corrected chi connectivity index (χ3v) is 2.83. The van der Waals surface area contributed by atoms with Gasteiger partial charge in [0.15, 0.2) is 0 Å². The Morgan fingerprint density at radius 3 is 2.65 bits per heavy atom. The van der Waals surface area contributed by atoms with Gasteiger partial charge in [-0.15, -0.1) is 0 Å². The van der Waals surface area contributed by atoms with Crippen molar-refractivity contribution in [2.45, 2.75) is 13.8 Å². The molecule has 0 amide bonds. The third kappa shape index (κ3) is 3.97. The van der Waals surface area contributed by atoms with Crippen LogP contribution in [0.4, 0.5) is 11.4 Å². The number of rotatable bonds is 6. The fraction of sp³-hybridized carbons (Fsp3) is 0.462. The molecule has 0 aromatic heterocycles. The van der Waals surface area contributed by atoms with Crippen LogP contribution in [0.15, 0.2) is 18.2 Å². The highest BCUT2D eigenvalue weighted by Crippen LogP contribution is 2.16. The minimum Gasteiger partial charge on any atom is -0.398 e. The van der Waals surface area contributed by atoms with E-state index in [0.717, 1.165) is 31.9 Å². The predicted octanol–water partition coefficient (Wildman–Crippen LogP) is 1.89. The van der Waals surface area contributed by atoms with Gasteiger partial charge in [-0.3, -0.25) is 0 Å². The minimum absolute atomic E-state index is 0.526. The molecule has 0 heterocycles. The Bertz CT molecular complexity index is 391. The van der Waals surface area contributed by atoms with Crippen LogP contribution < -0.4 is 11.1 Å². The maximum absolute atomic E-state index is 8.87. The molecule has 17 heavy (non-hydrogen) atoms. The van der Waals surface area contributed by atoms with Gasteiger partial charge < -0.3 is 16.0 Å². The maximum atomic E-state index is 8.87. The number of nitriles is 1. The van der Waals surface area contributed by atoms with Crippen LogP contribution in [0.2, 0.25) is 0 Å². The number of hydrogen-bond donors (Lipinski definition) is 2. The van der Waals surface area contributed by atoms with E-state index < -0.39 is 0 Å². The molecular weight excluding hydrogens is 212 g/mol. The Balaban J connectivity index is 2.50. The molecule has 4 nitrogen and oxygen atoms in total. The summed E-state index contributed by atoms with van der Waals surface area (Å²) >= 11 is 0. The van der Waals surface area contributed by atoms with Crippen LogP contribution in [0, 0.1) is 11.3 Å². The van der Waals surface area contributed by atoms with Crippen molar-refractivity contribution in [1.82, 2.24) is 4.90 Å². The zero-order chi connectivity index (χ0) is 12.7. The predicted molar refractivity (Wildman–Crippen MR) is 71.8 cm³/mol. The van der Waals surface area contributed by atoms with Crippen molar-refractivity contribution in [3.63, 3.8) is 0 Å². The zero-order valence-electron chi connectivity index (χ0n) is 10.5. The molecule has 0 aliphatic heterocycles. The quantitative estimate of drug-likeness (QED) is 0.735. The lowest BCUT2D eigenvalue weighted by Gasteiger charge is -2.18. The van der Waals surface area contributed by atoms with E-state index in [1.54, 1.807) is 12.1 Å². The first kappa shape index (κ1) is 13.3. The molecule has 0 aliphatic rings. The van der Waals surface area contributed by atoms with Gasteiger partial charge in [-0.05, 0) is 31.3 Å². The standard InChI is InChI=1S/C13H20N4/c1-3-17(4-2)8-7-16-12-5-6-13(15)11(9-12)10-14/h5-6,9,16H,3-4,7-8,15H2,1-2H3. The van der Waals surface area contributed by atoms with Crippen LogP contribution in [0.1, 0.15) is 19.4 Å². The molecule has 92 valence electrons. The van der Waals surface area contributed by atoms with Gasteiger partial charge in [0.25, 0.3) is 0 Å². The molecular formula is C13H20N4. The lowest BCUT2D eigenvalue weighted by molar-refractivity contribution is 0.316. The van der Waals surface area contributed by atoms with Gasteiger partial charge in [-0.25, -0.2) is 0 Å². The van der Waals surface area contributed by atoms with Crippen LogP contribution in [0.3, 0.4) is 0 Å². The average molecular weight is 232 g/mol. The van der Waals surface area contributed by atoms with Crippen LogP contribution >= 0.6 is 0 Å². The molecule has 1 aromatic rings. The van der Waals surface area contributed by atoms with Gasteiger partial charge >= 0.3 is 0 Å². The molecule has 0 radical (unpaired) electrons. The number of nitrogens with two attached hydrogens (primary N) is 1. The maximum Gasteiger partial charge on any atom is 0.101 e. The summed E-state index contributed by atoms with van der Waals surface area (Å²) in [7, 11) is 0. The van der Waals surface area contributed by atoms with Crippen molar-refractivity contribution >= 4 is 11.4 Å². The molecule has 0 aliphatic carbocycles. The van der Waals surface area contributed by atoms with Crippen LogP contribution in [-0.2, 0) is 0 Å². The van der Waals surface area contributed by atoms with Crippen molar-refractivity contribution in [2.75, 3.05) is 37.2 Å². The van der Waals surface area contributed by atoms with Crippen molar-refractivity contribution in [2.24, 2.45) is 0 Å². The van der Waals surface area contributed by atoms with Crippen molar-refractivity contribution < 1.29 is 0 Å². The van der Waals surface area contributed by atoms with Crippen molar-refractivity contribution in [1.29, 1.82) is 5.26 Å². The second kappa shape index (κ2) is 6.77. The summed E-state index contributed by atoms with van der Waals surface area (Å²) in [5, 5.41) is 12.2. The van der Waals surface area contributed by atoms with E-state index >= 15 is 0 Å². The summed E-state index contributed by atoms with van der Waals surface area (Å²) < 4.78 is 0. The van der Waals surface area contributed by atoms with Gasteiger partial charge in [0.2, 0.25) is 0 Å². The normalized spacial score (nSPS) is 10.2. The van der Waals surface area contributed by atoms with Gasteiger partial charge in [-0.1, -0.05) is 13.8 Å². The molecule has 0 spiro atoms. The number of nitrogen functional groups attached to an aromatic ring is 1. The van der Waals surface area contributed by atoms with E-state index in [2.05, 4.69) is 30.1 Å². The number of likely N-dealkylation sites (N-methyl/N-ethyl adjacent to an activating group) is 1. The van der Waals surface area contributed by atoms with Crippen molar-refractivity contribution in [3.8, 4) is 6.07 Å². The van der Waals surface area contributed by atoms with Gasteiger partial charge in [-0.2, -0.15) is 5.26 Å². The van der Waals surface area contributed by atoms with Gasteiger partial charge in [0.05, 0.1) is 5.56 Å². The molecule has 0 saturated heterocycles. The highest BCUT2D eigenvalue weighted by atomic mass is 15.1. The second-order valence-electron chi connectivity index (χ2n) is 3.87. The monoisotopic (exact) mass is 232 g/mol. The van der Waals surface area contributed by atoms with Crippen LogP contribution in [0.25, 0.3) is 0 Å². The summed E-state index contributed by atoms with van der Waals surface area (Å²) in [6.07, 6.45) is 0. The van der Waals surface area contributed by atoms with E-state index in [0.29, 0.717) is 11.3 Å². The summed E-state index contributed by atoms with van der Waals surface area (Å²) in [6.45, 7) is 8.30. The lowest BCUT2D eigenvalue weighted by atomic mass is 10.2. The lowest BCUT2D eigenvalue weighted by Crippen LogP contribution is -2.28. The van der Waals surface area contributed by atoms with Gasteiger partial charge in [0, 0.05) is 24.5 Å². The Morgan fingerprint density at radius 2 is 2.06 bits per heavy atom. The molecule has 0 saturated carbocycles. The molecule has 0 unspecified atom stereocenters. The molecule has 0 fully saturated rings. The van der Waals surface area contributed by atoms with E-state index in [4.69, 9.17) is 11.0 Å². The SMILES string of the molecule is CCN(CC)CCNc1ccc(N)c(C#N)c1. The third-order valence-electron chi connectivity index (χ3n) is 2.83. The summed E-state index contributed by atoms with van der Waals surface area (Å²) in [5.74, 6) is 0. The first-order valence-electron chi connectivity index (χ1n) is 5.97. The Labute approximate surface area is 103 Å². The minimum atomic E-state index is 0.526. The first-order valence-corrected chi connectivity index (χ1v) is 5.97. The van der Waals surface area contributed by atoms with E-state index in [1.807, 2.05) is 6.07 Å². The van der Waals surface area contributed by atoms with Crippen molar-refractivity contribution in [3.05, 3.63) is 23.8 Å². The van der Waals surface area contributed by atoms with Gasteiger partial charge in [0.1, 0.15) is 6.07 Å². The fourth-order valence-corrected chi connectivity index (χ4v) is 1.66. The number of hydrogen-bond acceptors (Lipinski definition) is 4. The highest BCUT2D eigenvalue weighted by molar-refractivity contribution is 5.61. The first-order chi connectivity index (χ1) is 8.21. The summed E-state index contributed by atoms with van der Waals surface area (Å²) in [4.78, 5) is 2.34. The molecule has 0 atom stereocenters.